The molecule has 5 heteroatoms. The normalized spacial score (nSPS) is 13.2. The van der Waals surface area contributed by atoms with E-state index in [1.165, 1.54) is 6.92 Å². The topological polar surface area (TPSA) is 26.3 Å². The summed E-state index contributed by atoms with van der Waals surface area (Å²) in [5, 5.41) is 0. The van der Waals surface area contributed by atoms with Crippen LogP contribution in [0.1, 0.15) is 18.4 Å². The summed E-state index contributed by atoms with van der Waals surface area (Å²) in [6.07, 6.45) is 0. The first-order valence-corrected chi connectivity index (χ1v) is 5.79. The van der Waals surface area contributed by atoms with Crippen LogP contribution in [0.2, 0.25) is 0 Å². The van der Waals surface area contributed by atoms with Gasteiger partial charge in [-0.1, -0.05) is 65.1 Å². The van der Waals surface area contributed by atoms with Gasteiger partial charge >= 0.3 is 5.97 Å². The van der Waals surface area contributed by atoms with E-state index in [1.54, 1.807) is 0 Å². The molecule has 0 aliphatic carbocycles. The molecule has 0 aromatic heterocycles. The summed E-state index contributed by atoms with van der Waals surface area (Å²) < 4.78 is 3.39. The molecule has 0 aliphatic rings. The highest BCUT2D eigenvalue weighted by Crippen LogP contribution is 2.41. The number of esters is 1. The molecule has 0 heterocycles. The summed E-state index contributed by atoms with van der Waals surface area (Å²) in [6, 6.07) is 9.20. The van der Waals surface area contributed by atoms with Gasteiger partial charge in [0.15, 0.2) is 0 Å². The number of benzene rings is 1. The summed E-state index contributed by atoms with van der Waals surface area (Å²) in [5.41, 5.74) is 0.823. The van der Waals surface area contributed by atoms with Gasteiger partial charge in [-0.2, -0.15) is 0 Å². The van der Waals surface area contributed by atoms with Gasteiger partial charge in [-0.3, -0.25) is 4.79 Å². The zero-order valence-electron chi connectivity index (χ0n) is 8.62. The molecule has 0 spiro atoms. The summed E-state index contributed by atoms with van der Waals surface area (Å²) in [5.74, 6) is -0.863. The second-order valence-electron chi connectivity index (χ2n) is 3.31. The number of ether oxygens (including phenoxy) is 1. The molecule has 0 saturated carbocycles. The third-order valence-corrected chi connectivity index (χ3v) is 2.84. The monoisotopic (exact) mass is 280 g/mol. The number of carbonyl (C=O) groups excluding carboxylic acids is 1. The van der Waals surface area contributed by atoms with Gasteiger partial charge in [0.2, 0.25) is 3.79 Å². The molecule has 1 aromatic rings. The first-order valence-electron chi connectivity index (χ1n) is 4.66. The Labute approximate surface area is 109 Å². The van der Waals surface area contributed by atoms with Crippen molar-refractivity contribution in [1.82, 2.24) is 0 Å². The summed E-state index contributed by atoms with van der Waals surface area (Å²) >= 11 is 17.6. The molecule has 1 atom stereocenters. The Morgan fingerprint density at radius 2 is 1.88 bits per heavy atom. The minimum atomic E-state index is -1.50. The van der Waals surface area contributed by atoms with E-state index in [-0.39, 0.29) is 6.61 Å². The van der Waals surface area contributed by atoms with Gasteiger partial charge in [-0.25, -0.2) is 0 Å². The lowest BCUT2D eigenvalue weighted by Crippen LogP contribution is -2.23. The second-order valence-corrected chi connectivity index (χ2v) is 5.68. The Morgan fingerprint density at radius 1 is 1.31 bits per heavy atom. The molecule has 16 heavy (non-hydrogen) atoms. The van der Waals surface area contributed by atoms with E-state index in [1.807, 2.05) is 30.3 Å². The minimum absolute atomic E-state index is 0.0514. The zero-order valence-corrected chi connectivity index (χ0v) is 10.9. The van der Waals surface area contributed by atoms with Gasteiger partial charge in [-0.05, 0) is 5.56 Å². The van der Waals surface area contributed by atoms with Crippen LogP contribution in [-0.2, 0) is 9.53 Å². The van der Waals surface area contributed by atoms with E-state index < -0.39 is 15.7 Å². The van der Waals surface area contributed by atoms with Crippen molar-refractivity contribution in [2.24, 2.45) is 0 Å². The largest absolute Gasteiger partial charge is 0.465 e. The fourth-order valence-corrected chi connectivity index (χ4v) is 1.83. The SMILES string of the molecule is CC(=O)OCC(c1ccccc1)C(Cl)(Cl)Cl. The minimum Gasteiger partial charge on any atom is -0.465 e. The van der Waals surface area contributed by atoms with Crippen molar-refractivity contribution in [3.05, 3.63) is 35.9 Å². The lowest BCUT2D eigenvalue weighted by Gasteiger charge is -2.24. The van der Waals surface area contributed by atoms with E-state index >= 15 is 0 Å². The quantitative estimate of drug-likeness (QED) is 0.624. The molecule has 0 radical (unpaired) electrons. The maximum absolute atomic E-state index is 10.8. The van der Waals surface area contributed by atoms with Crippen molar-refractivity contribution in [3.63, 3.8) is 0 Å². The molecule has 0 amide bonds. The Hall–Kier alpha value is -0.440. The molecule has 1 unspecified atom stereocenters. The van der Waals surface area contributed by atoms with Crippen molar-refractivity contribution >= 4 is 40.8 Å². The molecule has 2 nitrogen and oxygen atoms in total. The smallest absolute Gasteiger partial charge is 0.302 e. The predicted octanol–water partition coefficient (Wildman–Crippen LogP) is 3.70. The first-order chi connectivity index (χ1) is 7.41. The van der Waals surface area contributed by atoms with Crippen molar-refractivity contribution < 1.29 is 9.53 Å². The summed E-state index contributed by atoms with van der Waals surface area (Å²) in [7, 11) is 0. The molecular weight excluding hydrogens is 270 g/mol. The van der Waals surface area contributed by atoms with Crippen LogP contribution in [0.4, 0.5) is 0 Å². The number of halogens is 3. The highest BCUT2D eigenvalue weighted by molar-refractivity contribution is 6.68. The molecule has 0 fully saturated rings. The summed E-state index contributed by atoms with van der Waals surface area (Å²) in [6.45, 7) is 1.37. The number of hydrogen-bond donors (Lipinski definition) is 0. The van der Waals surface area contributed by atoms with Gasteiger partial charge in [-0.15, -0.1) is 0 Å². The van der Waals surface area contributed by atoms with Crippen molar-refractivity contribution in [2.75, 3.05) is 6.61 Å². The Morgan fingerprint density at radius 3 is 2.31 bits per heavy atom. The van der Waals surface area contributed by atoms with Crippen LogP contribution in [0, 0.1) is 0 Å². The van der Waals surface area contributed by atoms with Crippen LogP contribution in [0.25, 0.3) is 0 Å². The first kappa shape index (κ1) is 13.6. The van der Waals surface area contributed by atoms with Crippen LogP contribution in [-0.4, -0.2) is 16.4 Å². The molecule has 1 rings (SSSR count). The third-order valence-electron chi connectivity index (χ3n) is 2.05. The van der Waals surface area contributed by atoms with Gasteiger partial charge in [0.05, 0.1) is 5.92 Å². The molecule has 1 aromatic carbocycles. The van der Waals surface area contributed by atoms with E-state index in [0.717, 1.165) is 5.56 Å². The molecular formula is C11H11Cl3O2. The maximum Gasteiger partial charge on any atom is 0.302 e. The van der Waals surface area contributed by atoms with Gasteiger partial charge in [0.1, 0.15) is 6.61 Å². The fraction of sp³-hybridized carbons (Fsp3) is 0.364. The lowest BCUT2D eigenvalue weighted by molar-refractivity contribution is -0.141. The molecule has 0 aliphatic heterocycles. The van der Waals surface area contributed by atoms with Crippen molar-refractivity contribution in [1.29, 1.82) is 0 Å². The maximum atomic E-state index is 10.8. The lowest BCUT2D eigenvalue weighted by atomic mass is 10.0. The third kappa shape index (κ3) is 4.20. The molecule has 88 valence electrons. The molecule has 0 saturated heterocycles. The highest BCUT2D eigenvalue weighted by atomic mass is 35.6. The number of alkyl halides is 3. The second kappa shape index (κ2) is 5.76. The Bertz CT molecular complexity index is 346. The van der Waals surface area contributed by atoms with Gasteiger partial charge in [0, 0.05) is 6.92 Å². The van der Waals surface area contributed by atoms with E-state index in [9.17, 15) is 4.79 Å². The van der Waals surface area contributed by atoms with Gasteiger partial charge < -0.3 is 4.74 Å². The van der Waals surface area contributed by atoms with Crippen molar-refractivity contribution in [3.8, 4) is 0 Å². The highest BCUT2D eigenvalue weighted by Gasteiger charge is 2.34. The number of hydrogen-bond acceptors (Lipinski definition) is 2. The molecule has 0 bridgehead atoms. The average Bonchev–Trinajstić information content (AvgIpc) is 2.17. The predicted molar refractivity (Wildman–Crippen MR) is 66.1 cm³/mol. The Balaban J connectivity index is 2.84. The number of rotatable bonds is 3. The van der Waals surface area contributed by atoms with E-state index in [2.05, 4.69) is 0 Å². The fourth-order valence-electron chi connectivity index (χ4n) is 1.27. The Kier molecular flexibility index (Phi) is 4.90. The standard InChI is InChI=1S/C11H11Cl3O2/c1-8(15)16-7-10(11(12,13)14)9-5-3-2-4-6-9/h2-6,10H,7H2,1H3. The summed E-state index contributed by atoms with van der Waals surface area (Å²) in [4.78, 5) is 10.8. The van der Waals surface area contributed by atoms with Crippen molar-refractivity contribution in [2.45, 2.75) is 16.6 Å². The van der Waals surface area contributed by atoms with Crippen LogP contribution >= 0.6 is 34.8 Å². The molecule has 0 N–H and O–H groups in total. The van der Waals surface area contributed by atoms with Gasteiger partial charge in [0.25, 0.3) is 0 Å². The van der Waals surface area contributed by atoms with Crippen LogP contribution < -0.4 is 0 Å². The van der Waals surface area contributed by atoms with Crippen LogP contribution in [0.3, 0.4) is 0 Å². The van der Waals surface area contributed by atoms with Crippen LogP contribution in [0.15, 0.2) is 30.3 Å². The van der Waals surface area contributed by atoms with Crippen LogP contribution in [0.5, 0.6) is 0 Å². The van der Waals surface area contributed by atoms with E-state index in [0.29, 0.717) is 0 Å². The average molecular weight is 282 g/mol. The zero-order chi connectivity index (χ0) is 12.2. The number of carbonyl (C=O) groups is 1. The van der Waals surface area contributed by atoms with E-state index in [4.69, 9.17) is 39.5 Å².